The van der Waals surface area contributed by atoms with Crippen LogP contribution in [-0.4, -0.2) is 12.3 Å². The van der Waals surface area contributed by atoms with Crippen LogP contribution in [0.25, 0.3) is 0 Å². The summed E-state index contributed by atoms with van der Waals surface area (Å²) in [5.41, 5.74) is 0.738. The molecule has 0 radical (unpaired) electrons. The molecule has 0 fully saturated rings. The maximum atomic E-state index is 13.4. The average molecular weight is 308 g/mol. The second-order valence-electron chi connectivity index (χ2n) is 4.28. The van der Waals surface area contributed by atoms with Gasteiger partial charge in [-0.05, 0) is 42.7 Å². The minimum Gasteiger partial charge on any atom is -0.334 e. The molecule has 110 valence electrons. The zero-order valence-corrected chi connectivity index (χ0v) is 12.1. The number of urea groups is 1. The van der Waals surface area contributed by atoms with Crippen molar-refractivity contribution in [3.05, 3.63) is 59.7 Å². The van der Waals surface area contributed by atoms with E-state index in [1.807, 2.05) is 24.5 Å². The fourth-order valence-electron chi connectivity index (χ4n) is 1.73. The Morgan fingerprint density at radius 1 is 1.19 bits per heavy atom. The molecule has 6 heteroatoms. The largest absolute Gasteiger partial charge is 0.334 e. The number of hydrogen-bond donors (Lipinski definition) is 2. The number of anilines is 1. The van der Waals surface area contributed by atoms with Crippen molar-refractivity contribution in [3.8, 4) is 0 Å². The monoisotopic (exact) mass is 308 g/mol. The maximum Gasteiger partial charge on any atom is 0.319 e. The maximum absolute atomic E-state index is 13.4. The van der Waals surface area contributed by atoms with E-state index in [0.717, 1.165) is 23.1 Å². The third-order valence-corrected chi connectivity index (χ3v) is 3.50. The molecule has 0 aromatic heterocycles. The van der Waals surface area contributed by atoms with Crippen LogP contribution < -0.4 is 10.6 Å². The first-order valence-corrected chi connectivity index (χ1v) is 7.44. The molecule has 0 heterocycles. The Balaban J connectivity index is 1.94. The summed E-state index contributed by atoms with van der Waals surface area (Å²) in [6.07, 6.45) is 1.94. The fraction of sp³-hybridized carbons (Fsp3) is 0.133. The topological polar surface area (TPSA) is 41.1 Å². The van der Waals surface area contributed by atoms with Crippen molar-refractivity contribution in [1.82, 2.24) is 5.32 Å². The van der Waals surface area contributed by atoms with E-state index < -0.39 is 17.7 Å². The van der Waals surface area contributed by atoms with Crippen LogP contribution in [0.3, 0.4) is 0 Å². The highest BCUT2D eigenvalue weighted by Crippen LogP contribution is 2.18. The molecule has 2 aromatic carbocycles. The van der Waals surface area contributed by atoms with Crippen molar-refractivity contribution in [2.24, 2.45) is 0 Å². The van der Waals surface area contributed by atoms with E-state index in [4.69, 9.17) is 0 Å². The first-order valence-electron chi connectivity index (χ1n) is 6.21. The molecule has 0 aliphatic carbocycles. The number of halogens is 2. The van der Waals surface area contributed by atoms with Crippen molar-refractivity contribution in [1.29, 1.82) is 0 Å². The van der Waals surface area contributed by atoms with Crippen LogP contribution in [0.4, 0.5) is 19.3 Å². The third-order valence-electron chi connectivity index (χ3n) is 2.77. The highest BCUT2D eigenvalue weighted by molar-refractivity contribution is 7.98. The van der Waals surface area contributed by atoms with Crippen LogP contribution in [-0.2, 0) is 6.54 Å². The molecule has 3 nitrogen and oxygen atoms in total. The summed E-state index contributed by atoms with van der Waals surface area (Å²) in [6.45, 7) is -0.0857. The lowest BCUT2D eigenvalue weighted by Crippen LogP contribution is -2.28. The number of carbonyl (C=O) groups is 1. The summed E-state index contributed by atoms with van der Waals surface area (Å²) >= 11 is 1.56. The zero-order valence-electron chi connectivity index (χ0n) is 11.3. The van der Waals surface area contributed by atoms with Crippen LogP contribution >= 0.6 is 11.8 Å². The van der Waals surface area contributed by atoms with Gasteiger partial charge in [0.15, 0.2) is 0 Å². The molecule has 0 atom stereocenters. The van der Waals surface area contributed by atoms with Gasteiger partial charge in [0.1, 0.15) is 11.6 Å². The average Bonchev–Trinajstić information content (AvgIpc) is 2.48. The van der Waals surface area contributed by atoms with Crippen LogP contribution in [0, 0.1) is 11.6 Å². The van der Waals surface area contributed by atoms with Gasteiger partial charge in [-0.1, -0.05) is 6.07 Å². The predicted octanol–water partition coefficient (Wildman–Crippen LogP) is 4.01. The number of carbonyl (C=O) groups excluding carboxylic acids is 1. The lowest BCUT2D eigenvalue weighted by molar-refractivity contribution is 0.251. The number of nitrogens with one attached hydrogen (secondary N) is 2. The van der Waals surface area contributed by atoms with Gasteiger partial charge in [0, 0.05) is 22.7 Å². The molecule has 0 unspecified atom stereocenters. The first kappa shape index (κ1) is 15.3. The number of amides is 2. The molecule has 2 aromatic rings. The highest BCUT2D eigenvalue weighted by atomic mass is 32.2. The van der Waals surface area contributed by atoms with Gasteiger partial charge >= 0.3 is 6.03 Å². The van der Waals surface area contributed by atoms with E-state index in [2.05, 4.69) is 10.6 Å². The van der Waals surface area contributed by atoms with E-state index in [9.17, 15) is 13.6 Å². The number of thioether (sulfide) groups is 1. The van der Waals surface area contributed by atoms with Crippen molar-refractivity contribution >= 4 is 23.5 Å². The van der Waals surface area contributed by atoms with E-state index in [1.54, 1.807) is 17.8 Å². The van der Waals surface area contributed by atoms with Gasteiger partial charge in [-0.2, -0.15) is 0 Å². The van der Waals surface area contributed by atoms with E-state index in [-0.39, 0.29) is 12.1 Å². The van der Waals surface area contributed by atoms with Gasteiger partial charge in [-0.25, -0.2) is 13.6 Å². The van der Waals surface area contributed by atoms with E-state index in [1.165, 1.54) is 0 Å². The Bertz CT molecular complexity index is 649. The second-order valence-corrected chi connectivity index (χ2v) is 5.16. The van der Waals surface area contributed by atoms with Crippen LogP contribution in [0.15, 0.2) is 47.4 Å². The van der Waals surface area contributed by atoms with E-state index >= 15 is 0 Å². The van der Waals surface area contributed by atoms with Crippen molar-refractivity contribution in [2.75, 3.05) is 11.6 Å². The molecule has 21 heavy (non-hydrogen) atoms. The van der Waals surface area contributed by atoms with Crippen LogP contribution in [0.1, 0.15) is 5.56 Å². The van der Waals surface area contributed by atoms with Crippen molar-refractivity contribution < 1.29 is 13.6 Å². The second kappa shape index (κ2) is 7.08. The molecular weight excluding hydrogens is 294 g/mol. The minimum absolute atomic E-state index is 0.0857. The molecule has 0 saturated heterocycles. The quantitative estimate of drug-likeness (QED) is 0.838. The Morgan fingerprint density at radius 3 is 2.76 bits per heavy atom. The molecular formula is C15H14F2N2OS. The molecule has 2 N–H and O–H groups in total. The van der Waals surface area contributed by atoms with Gasteiger partial charge in [-0.15, -0.1) is 11.8 Å². The summed E-state index contributed by atoms with van der Waals surface area (Å²) < 4.78 is 26.4. The Labute approximate surface area is 125 Å². The Kier molecular flexibility index (Phi) is 5.16. The summed E-state index contributed by atoms with van der Waals surface area (Å²) in [5, 5.41) is 5.13. The number of benzene rings is 2. The predicted molar refractivity (Wildman–Crippen MR) is 80.4 cm³/mol. The molecule has 2 amide bonds. The standard InChI is InChI=1S/C15H14F2N2OS/c1-21-13-4-2-3-12(8-13)19-15(20)18-9-10-7-11(16)5-6-14(10)17/h2-8H,9H2,1H3,(H2,18,19,20). The summed E-state index contributed by atoms with van der Waals surface area (Å²) in [7, 11) is 0. The van der Waals surface area contributed by atoms with Gasteiger partial charge < -0.3 is 10.6 Å². The molecule has 0 bridgehead atoms. The van der Waals surface area contributed by atoms with Gasteiger partial charge in [-0.3, -0.25) is 0 Å². The van der Waals surface area contributed by atoms with Crippen LogP contribution in [0.5, 0.6) is 0 Å². The SMILES string of the molecule is CSc1cccc(NC(=O)NCc2cc(F)ccc2F)c1. The van der Waals surface area contributed by atoms with Crippen molar-refractivity contribution in [2.45, 2.75) is 11.4 Å². The number of hydrogen-bond acceptors (Lipinski definition) is 2. The lowest BCUT2D eigenvalue weighted by atomic mass is 10.2. The molecule has 2 rings (SSSR count). The highest BCUT2D eigenvalue weighted by Gasteiger charge is 2.06. The van der Waals surface area contributed by atoms with Gasteiger partial charge in [0.05, 0.1) is 0 Å². The molecule has 0 aliphatic heterocycles. The van der Waals surface area contributed by atoms with Crippen molar-refractivity contribution in [3.63, 3.8) is 0 Å². The molecule has 0 aliphatic rings. The first-order chi connectivity index (χ1) is 10.1. The molecule has 0 saturated carbocycles. The fourth-order valence-corrected chi connectivity index (χ4v) is 2.19. The third kappa shape index (κ3) is 4.46. The Hall–Kier alpha value is -2.08. The zero-order chi connectivity index (χ0) is 15.2. The van der Waals surface area contributed by atoms with Gasteiger partial charge in [0.25, 0.3) is 0 Å². The normalized spacial score (nSPS) is 10.2. The summed E-state index contributed by atoms with van der Waals surface area (Å²) in [4.78, 5) is 12.8. The van der Waals surface area contributed by atoms with Crippen LogP contribution in [0.2, 0.25) is 0 Å². The Morgan fingerprint density at radius 2 is 2.00 bits per heavy atom. The van der Waals surface area contributed by atoms with E-state index in [0.29, 0.717) is 5.69 Å². The minimum atomic E-state index is -0.555. The molecule has 0 spiro atoms. The van der Waals surface area contributed by atoms with Gasteiger partial charge in [0.2, 0.25) is 0 Å². The number of rotatable bonds is 4. The summed E-state index contributed by atoms with van der Waals surface area (Å²) in [5.74, 6) is -1.10. The summed E-state index contributed by atoms with van der Waals surface area (Å²) in [6, 6.07) is 9.98. The smallest absolute Gasteiger partial charge is 0.319 e. The lowest BCUT2D eigenvalue weighted by Gasteiger charge is -2.09.